The van der Waals surface area contributed by atoms with E-state index in [0.29, 0.717) is 17.2 Å². The fraction of sp³-hybridized carbons (Fsp3) is 0.250. The number of benzene rings is 2. The molecule has 21 heavy (non-hydrogen) atoms. The Labute approximate surface area is 130 Å². The first kappa shape index (κ1) is 15.9. The van der Waals surface area contributed by atoms with Crippen LogP contribution >= 0.6 is 11.6 Å². The Morgan fingerprint density at radius 2 is 1.86 bits per heavy atom. The van der Waals surface area contributed by atoms with Crippen LogP contribution in [0.25, 0.3) is 0 Å². The van der Waals surface area contributed by atoms with Gasteiger partial charge >= 0.3 is 0 Å². The summed E-state index contributed by atoms with van der Waals surface area (Å²) in [6, 6.07) is 12.2. The molecule has 0 N–H and O–H groups in total. The van der Waals surface area contributed by atoms with Crippen LogP contribution in [0.4, 0.5) is 0 Å². The number of hydrogen-bond acceptors (Lipinski definition) is 3. The molecule has 0 aliphatic rings. The van der Waals surface area contributed by atoms with Gasteiger partial charge in [0.05, 0.1) is 17.8 Å². The summed E-state index contributed by atoms with van der Waals surface area (Å²) in [6.45, 7) is 1.84. The summed E-state index contributed by atoms with van der Waals surface area (Å²) in [5.74, 6) is 0.724. The fourth-order valence-corrected chi connectivity index (χ4v) is 3.58. The second-order valence-electron chi connectivity index (χ2n) is 4.79. The predicted octanol–water partition coefficient (Wildman–Crippen LogP) is 3.67. The van der Waals surface area contributed by atoms with E-state index in [-0.39, 0.29) is 10.6 Å². The van der Waals surface area contributed by atoms with E-state index in [2.05, 4.69) is 0 Å². The van der Waals surface area contributed by atoms with Crippen molar-refractivity contribution in [2.75, 3.05) is 12.9 Å². The number of para-hydroxylation sites is 1. The quantitative estimate of drug-likeness (QED) is 0.842. The Hall–Kier alpha value is -1.52. The lowest BCUT2D eigenvalue weighted by molar-refractivity contribution is 0.410. The minimum absolute atomic E-state index is 0.0206. The molecular formula is C16H17ClO3S. The van der Waals surface area contributed by atoms with Gasteiger partial charge < -0.3 is 4.74 Å². The van der Waals surface area contributed by atoms with E-state index in [0.717, 1.165) is 11.1 Å². The average molecular weight is 325 g/mol. The van der Waals surface area contributed by atoms with E-state index in [1.54, 1.807) is 19.2 Å². The lowest BCUT2D eigenvalue weighted by Gasteiger charge is -2.09. The number of aryl methyl sites for hydroxylation is 2. The van der Waals surface area contributed by atoms with Gasteiger partial charge in [-0.05, 0) is 42.7 Å². The molecule has 0 spiro atoms. The Kier molecular flexibility index (Phi) is 4.91. The van der Waals surface area contributed by atoms with Crippen molar-refractivity contribution < 1.29 is 13.2 Å². The second-order valence-corrected chi connectivity index (χ2v) is 7.31. The smallest absolute Gasteiger partial charge is 0.178 e. The van der Waals surface area contributed by atoms with Crippen molar-refractivity contribution in [3.05, 3.63) is 58.6 Å². The van der Waals surface area contributed by atoms with Crippen LogP contribution in [0.1, 0.15) is 11.1 Å². The highest BCUT2D eigenvalue weighted by Crippen LogP contribution is 2.23. The van der Waals surface area contributed by atoms with Crippen molar-refractivity contribution in [1.82, 2.24) is 0 Å². The first-order valence-electron chi connectivity index (χ1n) is 6.55. The van der Waals surface area contributed by atoms with E-state index >= 15 is 0 Å². The van der Waals surface area contributed by atoms with Gasteiger partial charge in [-0.25, -0.2) is 8.42 Å². The van der Waals surface area contributed by atoms with Crippen molar-refractivity contribution >= 4 is 21.4 Å². The number of hydrogen-bond donors (Lipinski definition) is 0. The maximum atomic E-state index is 12.4. The molecule has 2 rings (SSSR count). The monoisotopic (exact) mass is 324 g/mol. The molecule has 0 aliphatic carbocycles. The molecule has 0 fully saturated rings. The van der Waals surface area contributed by atoms with E-state index < -0.39 is 9.84 Å². The van der Waals surface area contributed by atoms with Crippen LogP contribution in [0.5, 0.6) is 5.75 Å². The van der Waals surface area contributed by atoms with Gasteiger partial charge in [-0.15, -0.1) is 0 Å². The number of ether oxygens (including phenoxy) is 1. The first-order chi connectivity index (χ1) is 9.94. The number of rotatable bonds is 5. The third-order valence-electron chi connectivity index (χ3n) is 3.34. The zero-order valence-corrected chi connectivity index (χ0v) is 13.5. The summed E-state index contributed by atoms with van der Waals surface area (Å²) < 4.78 is 30.0. The molecule has 0 unspecified atom stereocenters. The van der Waals surface area contributed by atoms with Gasteiger partial charge in [0.1, 0.15) is 5.75 Å². The largest absolute Gasteiger partial charge is 0.496 e. The SMILES string of the molecule is COc1ccccc1CCS(=O)(=O)c1ccc(C)c(Cl)c1. The minimum atomic E-state index is -3.36. The lowest BCUT2D eigenvalue weighted by atomic mass is 10.1. The molecule has 0 aliphatic heterocycles. The zero-order valence-electron chi connectivity index (χ0n) is 12.0. The first-order valence-corrected chi connectivity index (χ1v) is 8.58. The van der Waals surface area contributed by atoms with Gasteiger partial charge in [0.25, 0.3) is 0 Å². The molecule has 5 heteroatoms. The number of sulfone groups is 1. The van der Waals surface area contributed by atoms with Gasteiger partial charge in [0, 0.05) is 5.02 Å². The Morgan fingerprint density at radius 1 is 1.14 bits per heavy atom. The average Bonchev–Trinajstić information content (AvgIpc) is 2.48. The highest BCUT2D eigenvalue weighted by Gasteiger charge is 2.16. The lowest BCUT2D eigenvalue weighted by Crippen LogP contribution is -2.10. The third kappa shape index (κ3) is 3.77. The second kappa shape index (κ2) is 6.50. The van der Waals surface area contributed by atoms with Crippen molar-refractivity contribution in [3.63, 3.8) is 0 Å². The van der Waals surface area contributed by atoms with E-state index in [1.165, 1.54) is 6.07 Å². The minimum Gasteiger partial charge on any atom is -0.496 e. The normalized spacial score (nSPS) is 11.4. The van der Waals surface area contributed by atoms with Crippen LogP contribution in [-0.2, 0) is 16.3 Å². The molecule has 0 radical (unpaired) electrons. The molecule has 0 atom stereocenters. The summed E-state index contributed by atoms with van der Waals surface area (Å²) in [5.41, 5.74) is 1.74. The summed E-state index contributed by atoms with van der Waals surface area (Å²) in [6.07, 6.45) is 0.401. The van der Waals surface area contributed by atoms with Crippen molar-refractivity contribution in [2.24, 2.45) is 0 Å². The summed E-state index contributed by atoms with van der Waals surface area (Å²) in [7, 11) is -1.79. The van der Waals surface area contributed by atoms with Crippen LogP contribution in [0.15, 0.2) is 47.4 Å². The highest BCUT2D eigenvalue weighted by atomic mass is 35.5. The van der Waals surface area contributed by atoms with Gasteiger partial charge in [-0.2, -0.15) is 0 Å². The molecule has 2 aromatic rings. The van der Waals surface area contributed by atoms with E-state index in [4.69, 9.17) is 16.3 Å². The van der Waals surface area contributed by atoms with Gasteiger partial charge in [-0.3, -0.25) is 0 Å². The maximum absolute atomic E-state index is 12.4. The molecule has 2 aromatic carbocycles. The van der Waals surface area contributed by atoms with Gasteiger partial charge in [0.15, 0.2) is 9.84 Å². The number of halogens is 1. The van der Waals surface area contributed by atoms with Crippen LogP contribution in [0, 0.1) is 6.92 Å². The molecule has 3 nitrogen and oxygen atoms in total. The topological polar surface area (TPSA) is 43.4 Å². The fourth-order valence-electron chi connectivity index (χ4n) is 2.04. The molecule has 0 heterocycles. The van der Waals surface area contributed by atoms with Gasteiger partial charge in [0.2, 0.25) is 0 Å². The van der Waals surface area contributed by atoms with Crippen LogP contribution < -0.4 is 4.74 Å². The summed E-state index contributed by atoms with van der Waals surface area (Å²) in [5, 5.41) is 0.466. The molecule has 112 valence electrons. The van der Waals surface area contributed by atoms with E-state index in [1.807, 2.05) is 31.2 Å². The van der Waals surface area contributed by atoms with Crippen LogP contribution in [-0.4, -0.2) is 21.3 Å². The molecule has 0 saturated heterocycles. The van der Waals surface area contributed by atoms with E-state index in [9.17, 15) is 8.42 Å². The number of methoxy groups -OCH3 is 1. The summed E-state index contributed by atoms with van der Waals surface area (Å²) in [4.78, 5) is 0.257. The summed E-state index contributed by atoms with van der Waals surface area (Å²) >= 11 is 6.00. The Morgan fingerprint density at radius 3 is 2.52 bits per heavy atom. The molecule has 0 saturated carbocycles. The zero-order chi connectivity index (χ0) is 15.5. The van der Waals surface area contributed by atoms with Crippen molar-refractivity contribution in [1.29, 1.82) is 0 Å². The highest BCUT2D eigenvalue weighted by molar-refractivity contribution is 7.91. The molecule has 0 aromatic heterocycles. The van der Waals surface area contributed by atoms with Crippen LogP contribution in [0.2, 0.25) is 5.02 Å². The molecule has 0 bridgehead atoms. The maximum Gasteiger partial charge on any atom is 0.178 e. The van der Waals surface area contributed by atoms with Crippen LogP contribution in [0.3, 0.4) is 0 Å². The van der Waals surface area contributed by atoms with Crippen molar-refractivity contribution in [3.8, 4) is 5.75 Å². The molecular weight excluding hydrogens is 308 g/mol. The molecule has 0 amide bonds. The third-order valence-corrected chi connectivity index (χ3v) is 5.46. The van der Waals surface area contributed by atoms with Gasteiger partial charge in [-0.1, -0.05) is 35.9 Å². The Bertz CT molecular complexity index is 739. The Balaban J connectivity index is 2.20. The predicted molar refractivity (Wildman–Crippen MR) is 84.9 cm³/mol. The van der Waals surface area contributed by atoms with Crippen molar-refractivity contribution in [2.45, 2.75) is 18.2 Å². The standard InChI is InChI=1S/C16H17ClO3S/c1-12-7-8-14(11-15(12)17)21(18,19)10-9-13-5-3-4-6-16(13)20-2/h3-8,11H,9-10H2,1-2H3.